The van der Waals surface area contributed by atoms with Gasteiger partial charge in [0.05, 0.1) is 11.3 Å². The van der Waals surface area contributed by atoms with Gasteiger partial charge in [-0.25, -0.2) is 4.39 Å². The minimum absolute atomic E-state index is 0.166. The second-order valence-corrected chi connectivity index (χ2v) is 5.06. The number of hydrogen-bond donors (Lipinski definition) is 0. The topological polar surface area (TPSA) is 63.9 Å². The highest BCUT2D eigenvalue weighted by Crippen LogP contribution is 2.16. The van der Waals surface area contributed by atoms with Crippen molar-refractivity contribution in [3.05, 3.63) is 71.8 Å². The summed E-state index contributed by atoms with van der Waals surface area (Å²) in [5, 5.41) is 11.0. The average Bonchev–Trinajstić information content (AvgIpc) is 3.10. The highest BCUT2D eigenvalue weighted by molar-refractivity contribution is 5.97. The van der Waals surface area contributed by atoms with Gasteiger partial charge in [-0.05, 0) is 40.3 Å². The highest BCUT2D eigenvalue weighted by atomic mass is 19.1. The molecule has 0 saturated carbocycles. The normalized spacial score (nSPS) is 10.5. The van der Waals surface area contributed by atoms with Crippen LogP contribution in [0, 0.1) is 5.82 Å². The molecule has 116 valence electrons. The van der Waals surface area contributed by atoms with Gasteiger partial charge < -0.3 is 4.90 Å². The Morgan fingerprint density at radius 1 is 1.17 bits per heavy atom. The zero-order chi connectivity index (χ0) is 16.2. The lowest BCUT2D eigenvalue weighted by molar-refractivity contribution is 0.0785. The van der Waals surface area contributed by atoms with Gasteiger partial charge in [-0.3, -0.25) is 4.79 Å². The molecule has 0 atom stereocenters. The lowest BCUT2D eigenvalue weighted by atomic mass is 10.1. The summed E-state index contributed by atoms with van der Waals surface area (Å²) in [6.07, 6.45) is 1.44. The number of rotatable bonds is 4. The van der Waals surface area contributed by atoms with Crippen molar-refractivity contribution in [1.82, 2.24) is 25.1 Å². The number of benzene rings is 2. The van der Waals surface area contributed by atoms with Crippen molar-refractivity contribution in [3.63, 3.8) is 0 Å². The Morgan fingerprint density at radius 2 is 1.91 bits per heavy atom. The summed E-state index contributed by atoms with van der Waals surface area (Å²) < 4.78 is 14.4. The summed E-state index contributed by atoms with van der Waals surface area (Å²) in [6, 6.07) is 13.2. The van der Waals surface area contributed by atoms with E-state index < -0.39 is 0 Å². The molecule has 0 saturated heterocycles. The number of nitrogens with zero attached hydrogens (tertiary/aromatic N) is 5. The summed E-state index contributed by atoms with van der Waals surface area (Å²) in [5.41, 5.74) is 1.94. The molecule has 0 aliphatic heterocycles. The van der Waals surface area contributed by atoms with Crippen LogP contribution >= 0.6 is 0 Å². The smallest absolute Gasteiger partial charge is 0.256 e. The summed E-state index contributed by atoms with van der Waals surface area (Å²) in [6.45, 7) is 0.378. The van der Waals surface area contributed by atoms with Crippen LogP contribution in [0.2, 0.25) is 0 Å². The van der Waals surface area contributed by atoms with Gasteiger partial charge in [-0.2, -0.15) is 4.68 Å². The average molecular weight is 311 g/mol. The zero-order valence-corrected chi connectivity index (χ0v) is 12.4. The molecule has 2 aromatic carbocycles. The molecule has 1 amide bonds. The number of aromatic nitrogens is 4. The van der Waals surface area contributed by atoms with E-state index in [1.54, 1.807) is 42.3 Å². The summed E-state index contributed by atoms with van der Waals surface area (Å²) in [4.78, 5) is 14.3. The van der Waals surface area contributed by atoms with Crippen molar-refractivity contribution in [2.75, 3.05) is 7.05 Å². The van der Waals surface area contributed by atoms with Crippen LogP contribution in [-0.2, 0) is 6.54 Å². The van der Waals surface area contributed by atoms with Gasteiger partial charge in [0.1, 0.15) is 12.1 Å². The largest absolute Gasteiger partial charge is 0.337 e. The fourth-order valence-corrected chi connectivity index (χ4v) is 2.27. The van der Waals surface area contributed by atoms with Crippen LogP contribution in [0.25, 0.3) is 5.69 Å². The standard InChI is InChI=1S/C16H14FN5O/c1-21(10-12-6-8-13(17)9-7-12)16(23)14-4-2-3-5-15(14)22-11-18-19-20-22/h2-9,11H,10H2,1H3. The lowest BCUT2D eigenvalue weighted by Crippen LogP contribution is -2.27. The molecule has 0 bridgehead atoms. The van der Waals surface area contributed by atoms with Gasteiger partial charge in [0.2, 0.25) is 0 Å². The number of tetrazole rings is 1. The van der Waals surface area contributed by atoms with Crippen molar-refractivity contribution >= 4 is 5.91 Å². The van der Waals surface area contributed by atoms with Gasteiger partial charge in [0.25, 0.3) is 5.91 Å². The van der Waals surface area contributed by atoms with Gasteiger partial charge in [-0.15, -0.1) is 5.10 Å². The minimum atomic E-state index is -0.299. The number of amides is 1. The second-order valence-electron chi connectivity index (χ2n) is 5.06. The number of hydrogen-bond acceptors (Lipinski definition) is 4. The molecule has 0 unspecified atom stereocenters. The number of carbonyl (C=O) groups excluding carboxylic acids is 1. The quantitative estimate of drug-likeness (QED) is 0.740. The van der Waals surface area contributed by atoms with Crippen LogP contribution in [0.5, 0.6) is 0 Å². The van der Waals surface area contributed by atoms with Gasteiger partial charge in [0, 0.05) is 13.6 Å². The van der Waals surface area contributed by atoms with Crippen LogP contribution in [0.15, 0.2) is 54.9 Å². The molecule has 23 heavy (non-hydrogen) atoms. The maximum Gasteiger partial charge on any atom is 0.256 e. The lowest BCUT2D eigenvalue weighted by Gasteiger charge is -2.19. The van der Waals surface area contributed by atoms with E-state index >= 15 is 0 Å². The molecule has 7 heteroatoms. The first-order valence-corrected chi connectivity index (χ1v) is 6.97. The molecule has 6 nitrogen and oxygen atoms in total. The third kappa shape index (κ3) is 3.23. The third-order valence-corrected chi connectivity index (χ3v) is 3.41. The fourth-order valence-electron chi connectivity index (χ4n) is 2.27. The van der Waals surface area contributed by atoms with Gasteiger partial charge >= 0.3 is 0 Å². The first kappa shape index (κ1) is 14.8. The van der Waals surface area contributed by atoms with Crippen molar-refractivity contribution in [2.45, 2.75) is 6.54 Å². The van der Waals surface area contributed by atoms with Crippen molar-refractivity contribution in [2.24, 2.45) is 0 Å². The van der Waals surface area contributed by atoms with Crippen molar-refractivity contribution in [1.29, 1.82) is 0 Å². The Bertz CT molecular complexity index is 802. The highest BCUT2D eigenvalue weighted by Gasteiger charge is 2.17. The van der Waals surface area contributed by atoms with Crippen LogP contribution < -0.4 is 0 Å². The summed E-state index contributed by atoms with van der Waals surface area (Å²) in [7, 11) is 1.70. The fraction of sp³-hybridized carbons (Fsp3) is 0.125. The zero-order valence-electron chi connectivity index (χ0n) is 12.4. The van der Waals surface area contributed by atoms with E-state index in [2.05, 4.69) is 15.5 Å². The van der Waals surface area contributed by atoms with Crippen LogP contribution in [0.1, 0.15) is 15.9 Å². The molecule has 1 aromatic heterocycles. The van der Waals surface area contributed by atoms with Crippen molar-refractivity contribution < 1.29 is 9.18 Å². The molecule has 0 radical (unpaired) electrons. The Morgan fingerprint density at radius 3 is 2.61 bits per heavy atom. The number of carbonyl (C=O) groups is 1. The molecule has 3 aromatic rings. The molecule has 0 spiro atoms. The summed E-state index contributed by atoms with van der Waals surface area (Å²) in [5.74, 6) is -0.466. The van der Waals surface area contributed by atoms with E-state index in [0.29, 0.717) is 17.8 Å². The Kier molecular flexibility index (Phi) is 4.09. The first-order chi connectivity index (χ1) is 11.1. The molecule has 1 heterocycles. The van der Waals surface area contributed by atoms with E-state index in [1.165, 1.54) is 23.1 Å². The molecular formula is C16H14FN5O. The predicted octanol–water partition coefficient (Wildman–Crippen LogP) is 2.07. The van der Waals surface area contributed by atoms with Crippen molar-refractivity contribution in [3.8, 4) is 5.69 Å². The van der Waals surface area contributed by atoms with Crippen LogP contribution in [-0.4, -0.2) is 38.1 Å². The Labute approximate surface area is 132 Å². The second kappa shape index (κ2) is 6.35. The van der Waals surface area contributed by atoms with Gasteiger partial charge in [0.15, 0.2) is 0 Å². The Hall–Kier alpha value is -3.09. The van der Waals surface area contributed by atoms with Gasteiger partial charge in [-0.1, -0.05) is 24.3 Å². The molecule has 0 aliphatic rings. The van der Waals surface area contributed by atoms with Crippen LogP contribution in [0.3, 0.4) is 0 Å². The van der Waals surface area contributed by atoms with E-state index in [0.717, 1.165) is 5.56 Å². The third-order valence-electron chi connectivity index (χ3n) is 3.41. The monoisotopic (exact) mass is 311 g/mol. The van der Waals surface area contributed by atoms with E-state index in [-0.39, 0.29) is 11.7 Å². The maximum atomic E-state index is 13.0. The molecule has 0 N–H and O–H groups in total. The first-order valence-electron chi connectivity index (χ1n) is 6.97. The Balaban J connectivity index is 1.84. The van der Waals surface area contributed by atoms with E-state index in [1.807, 2.05) is 6.07 Å². The molecule has 3 rings (SSSR count). The number of halogens is 1. The predicted molar refractivity (Wildman–Crippen MR) is 81.4 cm³/mol. The van der Waals surface area contributed by atoms with E-state index in [9.17, 15) is 9.18 Å². The summed E-state index contributed by atoms with van der Waals surface area (Å²) >= 11 is 0. The SMILES string of the molecule is CN(Cc1ccc(F)cc1)C(=O)c1ccccc1-n1cnnn1. The van der Waals surface area contributed by atoms with Crippen LogP contribution in [0.4, 0.5) is 4.39 Å². The van der Waals surface area contributed by atoms with E-state index in [4.69, 9.17) is 0 Å². The maximum absolute atomic E-state index is 13.0. The molecule has 0 aliphatic carbocycles. The number of para-hydroxylation sites is 1. The molecule has 0 fully saturated rings. The minimum Gasteiger partial charge on any atom is -0.337 e. The molecular weight excluding hydrogens is 297 g/mol.